The second-order valence-electron chi connectivity index (χ2n) is 5.27. The van der Waals surface area contributed by atoms with Crippen LogP contribution >= 0.6 is 11.6 Å². The minimum absolute atomic E-state index is 0.200. The molecule has 0 saturated heterocycles. The van der Waals surface area contributed by atoms with Gasteiger partial charge in [0.15, 0.2) is 6.61 Å². The van der Waals surface area contributed by atoms with E-state index >= 15 is 0 Å². The molecule has 0 unspecified atom stereocenters. The van der Waals surface area contributed by atoms with Crippen LogP contribution in [0.4, 0.5) is 11.4 Å². The molecule has 2 aromatic rings. The monoisotopic (exact) mass is 394 g/mol. The average Bonchev–Trinajstić information content (AvgIpc) is 2.66. The van der Waals surface area contributed by atoms with Gasteiger partial charge in [0.05, 0.1) is 43.3 Å². The zero-order valence-electron chi connectivity index (χ0n) is 15.0. The molecule has 8 nitrogen and oxygen atoms in total. The Bertz CT molecular complexity index is 856. The van der Waals surface area contributed by atoms with E-state index < -0.39 is 18.5 Å². The Morgan fingerprint density at radius 2 is 1.67 bits per heavy atom. The number of carbonyl (C=O) groups excluding carboxylic acids is 2. The number of anilines is 2. The first kappa shape index (κ1) is 20.2. The van der Waals surface area contributed by atoms with E-state index in [1.54, 1.807) is 0 Å². The van der Waals surface area contributed by atoms with Gasteiger partial charge in [0.2, 0.25) is 0 Å². The van der Waals surface area contributed by atoms with Gasteiger partial charge in [-0.05, 0) is 24.3 Å². The highest BCUT2D eigenvalue weighted by Crippen LogP contribution is 2.35. The molecule has 0 fully saturated rings. The second-order valence-corrected chi connectivity index (χ2v) is 5.68. The molecule has 0 atom stereocenters. The number of methoxy groups -OCH3 is 3. The van der Waals surface area contributed by atoms with E-state index in [0.717, 1.165) is 0 Å². The molecule has 9 heteroatoms. The van der Waals surface area contributed by atoms with Crippen LogP contribution < -0.4 is 25.3 Å². The van der Waals surface area contributed by atoms with Crippen LogP contribution in [0.5, 0.6) is 17.2 Å². The smallest absolute Gasteiger partial charge is 0.338 e. The summed E-state index contributed by atoms with van der Waals surface area (Å²) in [6.07, 6.45) is 0. The van der Waals surface area contributed by atoms with Crippen molar-refractivity contribution in [3.63, 3.8) is 0 Å². The lowest BCUT2D eigenvalue weighted by Crippen LogP contribution is -2.21. The number of ether oxygens (including phenoxy) is 4. The van der Waals surface area contributed by atoms with Gasteiger partial charge in [-0.15, -0.1) is 0 Å². The van der Waals surface area contributed by atoms with Gasteiger partial charge in [-0.1, -0.05) is 11.6 Å². The topological polar surface area (TPSA) is 109 Å². The number of nitrogens with two attached hydrogens (primary N) is 1. The van der Waals surface area contributed by atoms with E-state index in [1.165, 1.54) is 51.7 Å². The number of hydrogen-bond acceptors (Lipinski definition) is 7. The van der Waals surface area contributed by atoms with Crippen LogP contribution in [0.3, 0.4) is 0 Å². The van der Waals surface area contributed by atoms with Gasteiger partial charge in [-0.3, -0.25) is 4.79 Å². The third kappa shape index (κ3) is 4.95. The Morgan fingerprint density at radius 1 is 1.00 bits per heavy atom. The van der Waals surface area contributed by atoms with Crippen molar-refractivity contribution >= 4 is 34.9 Å². The van der Waals surface area contributed by atoms with Crippen molar-refractivity contribution < 1.29 is 28.5 Å². The van der Waals surface area contributed by atoms with Gasteiger partial charge in [0, 0.05) is 6.07 Å². The number of rotatable bonds is 7. The van der Waals surface area contributed by atoms with Crippen molar-refractivity contribution in [2.75, 3.05) is 39.0 Å². The molecular formula is C18H19ClN2O6. The first-order chi connectivity index (χ1) is 12.9. The largest absolute Gasteiger partial charge is 0.495 e. The van der Waals surface area contributed by atoms with Crippen molar-refractivity contribution in [2.24, 2.45) is 0 Å². The standard InChI is InChI=1S/C18H19ClN2O6/c1-24-14-5-4-10(6-12(14)20)18(23)27-9-17(22)21-13-7-11(19)15(25-2)8-16(13)26-3/h4-8H,9,20H2,1-3H3,(H,21,22). The zero-order chi connectivity index (χ0) is 20.0. The molecule has 3 N–H and O–H groups in total. The molecule has 0 aliphatic carbocycles. The van der Waals surface area contributed by atoms with E-state index in [2.05, 4.69) is 5.32 Å². The van der Waals surface area contributed by atoms with Gasteiger partial charge in [0.1, 0.15) is 17.2 Å². The minimum Gasteiger partial charge on any atom is -0.495 e. The maximum atomic E-state index is 12.1. The lowest BCUT2D eigenvalue weighted by molar-refractivity contribution is -0.119. The van der Waals surface area contributed by atoms with Crippen LogP contribution in [0.25, 0.3) is 0 Å². The van der Waals surface area contributed by atoms with Crippen molar-refractivity contribution in [3.8, 4) is 17.2 Å². The summed E-state index contributed by atoms with van der Waals surface area (Å²) in [6, 6.07) is 7.44. The Labute approximate surface area is 161 Å². The van der Waals surface area contributed by atoms with Crippen LogP contribution in [0.15, 0.2) is 30.3 Å². The number of carbonyl (C=O) groups is 2. The molecule has 2 aromatic carbocycles. The predicted octanol–water partition coefficient (Wildman–Crippen LogP) is 2.74. The van der Waals surface area contributed by atoms with Crippen LogP contribution in [0.2, 0.25) is 5.02 Å². The lowest BCUT2D eigenvalue weighted by Gasteiger charge is -2.13. The second kappa shape index (κ2) is 9.00. The third-order valence-corrected chi connectivity index (χ3v) is 3.84. The number of esters is 1. The maximum absolute atomic E-state index is 12.1. The Hall–Kier alpha value is -3.13. The van der Waals surface area contributed by atoms with Gasteiger partial charge >= 0.3 is 5.97 Å². The van der Waals surface area contributed by atoms with Crippen LogP contribution in [0.1, 0.15) is 10.4 Å². The molecule has 0 aromatic heterocycles. The highest BCUT2D eigenvalue weighted by molar-refractivity contribution is 6.32. The highest BCUT2D eigenvalue weighted by atomic mass is 35.5. The van der Waals surface area contributed by atoms with Gasteiger partial charge in [-0.25, -0.2) is 4.79 Å². The summed E-state index contributed by atoms with van der Waals surface area (Å²) in [5.74, 6) is -0.0785. The minimum atomic E-state index is -0.695. The van der Waals surface area contributed by atoms with Crippen molar-refractivity contribution in [3.05, 3.63) is 40.9 Å². The first-order valence-corrected chi connectivity index (χ1v) is 8.09. The number of nitrogen functional groups attached to an aromatic ring is 1. The number of nitrogens with one attached hydrogen (secondary N) is 1. The summed E-state index contributed by atoms with van der Waals surface area (Å²) in [7, 11) is 4.37. The summed E-state index contributed by atoms with van der Waals surface area (Å²) in [5, 5.41) is 2.86. The molecule has 2 rings (SSSR count). The molecule has 1 amide bonds. The molecular weight excluding hydrogens is 376 g/mol. The van der Waals surface area contributed by atoms with Crippen LogP contribution in [-0.4, -0.2) is 39.8 Å². The summed E-state index contributed by atoms with van der Waals surface area (Å²) in [6.45, 7) is -0.502. The predicted molar refractivity (Wildman–Crippen MR) is 101 cm³/mol. The third-order valence-electron chi connectivity index (χ3n) is 3.55. The quantitative estimate of drug-likeness (QED) is 0.548. The molecule has 0 saturated carbocycles. The van der Waals surface area contributed by atoms with Gasteiger partial charge in [0.25, 0.3) is 5.91 Å². The van der Waals surface area contributed by atoms with E-state index in [9.17, 15) is 9.59 Å². The van der Waals surface area contributed by atoms with E-state index in [4.69, 9.17) is 36.3 Å². The molecule has 0 spiro atoms. The van der Waals surface area contributed by atoms with Crippen molar-refractivity contribution in [2.45, 2.75) is 0 Å². The van der Waals surface area contributed by atoms with Crippen LogP contribution in [0, 0.1) is 0 Å². The molecule has 0 heterocycles. The van der Waals surface area contributed by atoms with Crippen molar-refractivity contribution in [1.82, 2.24) is 0 Å². The summed E-state index contributed by atoms with van der Waals surface area (Å²) in [4.78, 5) is 24.1. The fourth-order valence-electron chi connectivity index (χ4n) is 2.22. The highest BCUT2D eigenvalue weighted by Gasteiger charge is 2.15. The van der Waals surface area contributed by atoms with Crippen LogP contribution in [-0.2, 0) is 9.53 Å². The summed E-state index contributed by atoms with van der Waals surface area (Å²) in [5.41, 5.74) is 6.55. The first-order valence-electron chi connectivity index (χ1n) is 7.71. The van der Waals surface area contributed by atoms with Gasteiger partial charge < -0.3 is 30.0 Å². The molecule has 144 valence electrons. The number of hydrogen-bond donors (Lipinski definition) is 2. The van der Waals surface area contributed by atoms with Crippen molar-refractivity contribution in [1.29, 1.82) is 0 Å². The Balaban J connectivity index is 2.01. The normalized spacial score (nSPS) is 10.1. The molecule has 0 aliphatic rings. The summed E-state index contributed by atoms with van der Waals surface area (Å²) >= 11 is 6.05. The maximum Gasteiger partial charge on any atom is 0.338 e. The van der Waals surface area contributed by atoms with E-state index in [-0.39, 0.29) is 11.3 Å². The Kier molecular flexibility index (Phi) is 6.73. The summed E-state index contributed by atoms with van der Waals surface area (Å²) < 4.78 is 20.3. The zero-order valence-corrected chi connectivity index (χ0v) is 15.8. The SMILES string of the molecule is COc1ccc(C(=O)OCC(=O)Nc2cc(Cl)c(OC)cc2OC)cc1N. The van der Waals surface area contributed by atoms with Gasteiger partial charge in [-0.2, -0.15) is 0 Å². The molecule has 0 radical (unpaired) electrons. The Morgan fingerprint density at radius 3 is 2.26 bits per heavy atom. The average molecular weight is 395 g/mol. The van der Waals surface area contributed by atoms with E-state index in [1.807, 2.05) is 0 Å². The molecule has 0 bridgehead atoms. The lowest BCUT2D eigenvalue weighted by atomic mass is 10.2. The van der Waals surface area contributed by atoms with E-state index in [0.29, 0.717) is 28.0 Å². The number of amides is 1. The number of halogens is 1. The fourth-order valence-corrected chi connectivity index (χ4v) is 2.46. The molecule has 27 heavy (non-hydrogen) atoms. The number of benzene rings is 2. The molecule has 0 aliphatic heterocycles. The fraction of sp³-hybridized carbons (Fsp3) is 0.222.